The van der Waals surface area contributed by atoms with Crippen LogP contribution < -0.4 is 5.73 Å². The minimum atomic E-state index is -4.36. The normalized spacial score (nSPS) is 18.9. The number of rotatable bonds is 1. The molecule has 24 heavy (non-hydrogen) atoms. The lowest BCUT2D eigenvalue weighted by Crippen LogP contribution is -2.25. The lowest BCUT2D eigenvalue weighted by atomic mass is 9.94. The maximum absolute atomic E-state index is 12.9. The Morgan fingerprint density at radius 3 is 2.62 bits per heavy atom. The van der Waals surface area contributed by atoms with Crippen LogP contribution in [-0.4, -0.2) is 23.6 Å². The van der Waals surface area contributed by atoms with Crippen LogP contribution in [0.3, 0.4) is 0 Å². The van der Waals surface area contributed by atoms with Crippen LogP contribution in [0.1, 0.15) is 39.7 Å². The average Bonchev–Trinajstić information content (AvgIpc) is 2.81. The van der Waals surface area contributed by atoms with Gasteiger partial charge in [0.2, 0.25) is 0 Å². The Labute approximate surface area is 137 Å². The van der Waals surface area contributed by atoms with Crippen molar-refractivity contribution in [3.05, 3.63) is 58.0 Å². The van der Waals surface area contributed by atoms with Crippen molar-refractivity contribution in [2.24, 2.45) is 5.73 Å². The summed E-state index contributed by atoms with van der Waals surface area (Å²) in [5.41, 5.74) is 8.69. The van der Waals surface area contributed by atoms with Gasteiger partial charge in [-0.1, -0.05) is 11.2 Å². The summed E-state index contributed by atoms with van der Waals surface area (Å²) in [5, 5.41) is 3.98. The van der Waals surface area contributed by atoms with E-state index in [1.54, 1.807) is 13.8 Å². The largest absolute Gasteiger partial charge is 0.416 e. The number of nitrogens with two attached hydrogens (primary N) is 1. The third-order valence-electron chi connectivity index (χ3n) is 4.36. The number of nitrogens with zero attached hydrogens (tertiary/aromatic N) is 2. The summed E-state index contributed by atoms with van der Waals surface area (Å²) >= 11 is 0. The van der Waals surface area contributed by atoms with Crippen LogP contribution >= 0.6 is 0 Å². The Morgan fingerprint density at radius 1 is 1.29 bits per heavy atom. The number of benzene rings is 1. The van der Waals surface area contributed by atoms with E-state index in [1.165, 1.54) is 6.07 Å². The molecule has 128 valence electrons. The van der Waals surface area contributed by atoms with Crippen molar-refractivity contribution >= 4 is 5.70 Å². The van der Waals surface area contributed by atoms with Gasteiger partial charge in [0, 0.05) is 12.2 Å². The van der Waals surface area contributed by atoms with E-state index in [0.29, 0.717) is 29.3 Å². The smallest absolute Gasteiger partial charge is 0.398 e. The Morgan fingerprint density at radius 2 is 2.00 bits per heavy atom. The number of fused-ring (bicyclic) bond motifs is 1. The van der Waals surface area contributed by atoms with Crippen molar-refractivity contribution < 1.29 is 17.7 Å². The highest BCUT2D eigenvalue weighted by atomic mass is 19.4. The number of hydrogen-bond donors (Lipinski definition) is 1. The molecule has 1 aromatic heterocycles. The first-order valence-electron chi connectivity index (χ1n) is 7.50. The summed E-state index contributed by atoms with van der Waals surface area (Å²) in [4.78, 5) is 1.97. The van der Waals surface area contributed by atoms with Gasteiger partial charge in [-0.2, -0.15) is 13.2 Å². The number of hydrogen-bond acceptors (Lipinski definition) is 4. The molecule has 4 nitrogen and oxygen atoms in total. The Kier molecular flexibility index (Phi) is 3.91. The number of halogens is 3. The number of aromatic nitrogens is 1. The highest BCUT2D eigenvalue weighted by molar-refractivity contribution is 5.68. The molecule has 1 aliphatic heterocycles. The monoisotopic (exact) mass is 337 g/mol. The summed E-state index contributed by atoms with van der Waals surface area (Å²) in [6.07, 6.45) is -2.50. The fraction of sp³-hybridized carbons (Fsp3) is 0.353. The van der Waals surface area contributed by atoms with E-state index in [1.807, 2.05) is 18.0 Å². The van der Waals surface area contributed by atoms with Gasteiger partial charge < -0.3 is 10.3 Å². The zero-order valence-corrected chi connectivity index (χ0v) is 13.6. The van der Waals surface area contributed by atoms with Gasteiger partial charge in [-0.15, -0.1) is 0 Å². The van der Waals surface area contributed by atoms with Crippen molar-refractivity contribution in [1.82, 2.24) is 10.1 Å². The molecule has 1 unspecified atom stereocenters. The van der Waals surface area contributed by atoms with Crippen LogP contribution in [0.5, 0.6) is 0 Å². The minimum Gasteiger partial charge on any atom is -0.398 e. The van der Waals surface area contributed by atoms with Crippen molar-refractivity contribution in [1.29, 1.82) is 0 Å². The summed E-state index contributed by atoms with van der Waals surface area (Å²) in [7, 11) is 1.87. The highest BCUT2D eigenvalue weighted by Crippen LogP contribution is 2.39. The minimum absolute atomic E-state index is 0.346. The molecule has 0 aliphatic carbocycles. The molecule has 1 atom stereocenters. The van der Waals surface area contributed by atoms with E-state index in [4.69, 9.17) is 10.3 Å². The van der Waals surface area contributed by atoms with Crippen molar-refractivity contribution in [2.45, 2.75) is 26.1 Å². The molecule has 0 saturated carbocycles. The third kappa shape index (κ3) is 2.69. The predicted octanol–water partition coefficient (Wildman–Crippen LogP) is 3.64. The van der Waals surface area contributed by atoms with Gasteiger partial charge in [0.15, 0.2) is 5.76 Å². The van der Waals surface area contributed by atoms with Gasteiger partial charge in [0.1, 0.15) is 0 Å². The number of likely N-dealkylation sites (N-methyl/N-ethyl adjacent to an activating group) is 1. The maximum Gasteiger partial charge on any atom is 0.416 e. The molecule has 2 aromatic rings. The molecule has 0 saturated heterocycles. The third-order valence-corrected chi connectivity index (χ3v) is 4.36. The predicted molar refractivity (Wildman–Crippen MR) is 84.1 cm³/mol. The van der Waals surface area contributed by atoms with E-state index >= 15 is 0 Å². The average molecular weight is 337 g/mol. The summed E-state index contributed by atoms with van der Waals surface area (Å²) < 4.78 is 44.2. The molecular weight excluding hydrogens is 319 g/mol. The summed E-state index contributed by atoms with van der Waals surface area (Å²) in [6, 6.07) is 3.41. The van der Waals surface area contributed by atoms with E-state index in [9.17, 15) is 13.2 Å². The van der Waals surface area contributed by atoms with Crippen LogP contribution in [0.4, 0.5) is 13.2 Å². The van der Waals surface area contributed by atoms with Crippen LogP contribution in [0.25, 0.3) is 5.70 Å². The zero-order valence-electron chi connectivity index (χ0n) is 13.6. The zero-order chi connectivity index (χ0) is 17.6. The first kappa shape index (κ1) is 16.6. The van der Waals surface area contributed by atoms with Gasteiger partial charge in [0.25, 0.3) is 0 Å². The van der Waals surface area contributed by atoms with Crippen molar-refractivity contribution in [3.8, 4) is 0 Å². The molecule has 0 fully saturated rings. The molecule has 2 heterocycles. The second kappa shape index (κ2) is 5.66. The molecule has 0 spiro atoms. The van der Waals surface area contributed by atoms with E-state index in [0.717, 1.165) is 23.3 Å². The van der Waals surface area contributed by atoms with E-state index in [-0.39, 0.29) is 6.04 Å². The second-order valence-corrected chi connectivity index (χ2v) is 6.08. The number of aryl methyl sites for hydroxylation is 2. The molecule has 0 amide bonds. The van der Waals surface area contributed by atoms with Crippen LogP contribution in [0.2, 0.25) is 0 Å². The molecule has 3 rings (SSSR count). The molecule has 7 heteroatoms. The quantitative estimate of drug-likeness (QED) is 0.863. The van der Waals surface area contributed by atoms with Crippen LogP contribution in [0.15, 0.2) is 28.8 Å². The highest BCUT2D eigenvalue weighted by Gasteiger charge is 2.34. The Bertz CT molecular complexity index is 808. The first-order valence-corrected chi connectivity index (χ1v) is 7.50. The standard InChI is InChI=1S/C17H18F3N3O/c1-9-8-11(17(18,19)20)4-5-12(9)15-16-14(10(2)22-24-16)13(21)6-7-23(15)3/h4-6,8,15H,7,21H2,1-3H3. The Hall–Kier alpha value is -2.28. The lowest BCUT2D eigenvalue weighted by Gasteiger charge is -2.26. The van der Waals surface area contributed by atoms with Crippen molar-refractivity contribution in [3.63, 3.8) is 0 Å². The molecule has 1 aliphatic rings. The molecule has 0 radical (unpaired) electrons. The second-order valence-electron chi connectivity index (χ2n) is 6.08. The van der Waals surface area contributed by atoms with Gasteiger partial charge in [-0.25, -0.2) is 0 Å². The van der Waals surface area contributed by atoms with Crippen LogP contribution in [0, 0.1) is 13.8 Å². The van der Waals surface area contributed by atoms with E-state index < -0.39 is 11.7 Å². The molecular formula is C17H18F3N3O. The maximum atomic E-state index is 12.9. The topological polar surface area (TPSA) is 55.3 Å². The van der Waals surface area contributed by atoms with Crippen LogP contribution in [-0.2, 0) is 6.18 Å². The van der Waals surface area contributed by atoms with E-state index in [2.05, 4.69) is 5.16 Å². The SMILES string of the molecule is Cc1cc(C(F)(F)F)ccc1C1c2onc(C)c2C(N)=CCN1C. The summed E-state index contributed by atoms with van der Waals surface area (Å²) in [6.45, 7) is 4.02. The molecule has 0 bridgehead atoms. The van der Waals surface area contributed by atoms with Gasteiger partial charge >= 0.3 is 6.18 Å². The van der Waals surface area contributed by atoms with Crippen molar-refractivity contribution in [2.75, 3.05) is 13.6 Å². The Balaban J connectivity index is 2.14. The molecule has 1 aromatic carbocycles. The molecule has 2 N–H and O–H groups in total. The lowest BCUT2D eigenvalue weighted by molar-refractivity contribution is -0.137. The fourth-order valence-electron chi connectivity index (χ4n) is 3.11. The summed E-state index contributed by atoms with van der Waals surface area (Å²) in [5.74, 6) is 0.559. The number of alkyl halides is 3. The van der Waals surface area contributed by atoms with Gasteiger partial charge in [0.05, 0.1) is 22.9 Å². The first-order chi connectivity index (χ1) is 11.2. The fourth-order valence-corrected chi connectivity index (χ4v) is 3.11. The van der Waals surface area contributed by atoms with Gasteiger partial charge in [-0.3, -0.25) is 4.90 Å². The van der Waals surface area contributed by atoms with Gasteiger partial charge in [-0.05, 0) is 50.2 Å².